The first-order chi connectivity index (χ1) is 14.3. The fourth-order valence-corrected chi connectivity index (χ4v) is 3.30. The fourth-order valence-electron chi connectivity index (χ4n) is 3.30. The van der Waals surface area contributed by atoms with Crippen molar-refractivity contribution in [2.24, 2.45) is 0 Å². The molecule has 3 rings (SSSR count). The largest absolute Gasteiger partial charge is 0.498 e. The molecule has 2 aromatic carbocycles. The number of ether oxygens (including phenoxy) is 2. The van der Waals surface area contributed by atoms with Crippen molar-refractivity contribution in [3.63, 3.8) is 0 Å². The lowest BCUT2D eigenvalue weighted by atomic mass is 9.92. The quantitative estimate of drug-likeness (QED) is 0.663. The molecule has 0 bridgehead atoms. The van der Waals surface area contributed by atoms with E-state index in [4.69, 9.17) is 9.47 Å². The van der Waals surface area contributed by atoms with Crippen molar-refractivity contribution >= 4 is 23.3 Å². The molecule has 30 heavy (non-hydrogen) atoms. The summed E-state index contributed by atoms with van der Waals surface area (Å²) in [6.45, 7) is 5.50. The lowest BCUT2D eigenvalue weighted by Crippen LogP contribution is -2.17. The first-order valence-electron chi connectivity index (χ1n) is 9.59. The van der Waals surface area contributed by atoms with Crippen molar-refractivity contribution in [3.05, 3.63) is 71.0 Å². The van der Waals surface area contributed by atoms with E-state index >= 15 is 0 Å². The second-order valence-electron chi connectivity index (χ2n) is 7.00. The van der Waals surface area contributed by atoms with E-state index in [1.165, 1.54) is 13.0 Å². The number of nitrogens with one attached hydrogen (secondary N) is 1. The van der Waals surface area contributed by atoms with Gasteiger partial charge in [0.15, 0.2) is 5.78 Å². The summed E-state index contributed by atoms with van der Waals surface area (Å²) in [5.41, 5.74) is 1.63. The Balaban J connectivity index is 1.98. The number of carbonyl (C=O) groups excluding carboxylic acids is 2. The molecule has 7 nitrogen and oxygen atoms in total. The Morgan fingerprint density at radius 2 is 1.83 bits per heavy atom. The summed E-state index contributed by atoms with van der Waals surface area (Å²) < 4.78 is 11.0. The summed E-state index contributed by atoms with van der Waals surface area (Å²) in [6, 6.07) is 9.30. The van der Waals surface area contributed by atoms with Crippen LogP contribution in [0.3, 0.4) is 0 Å². The summed E-state index contributed by atoms with van der Waals surface area (Å²) >= 11 is 0. The third-order valence-electron chi connectivity index (χ3n) is 4.87. The van der Waals surface area contributed by atoms with Crippen molar-refractivity contribution < 1.29 is 29.0 Å². The Morgan fingerprint density at radius 1 is 1.10 bits per heavy atom. The first-order valence-corrected chi connectivity index (χ1v) is 9.59. The Bertz CT molecular complexity index is 1030. The van der Waals surface area contributed by atoms with Gasteiger partial charge < -0.3 is 19.9 Å². The molecule has 0 saturated carbocycles. The average molecular weight is 409 g/mol. The molecule has 1 aliphatic rings. The van der Waals surface area contributed by atoms with Gasteiger partial charge in [-0.25, -0.2) is 4.79 Å². The van der Waals surface area contributed by atoms with Gasteiger partial charge in [0.2, 0.25) is 0 Å². The molecule has 0 fully saturated rings. The Labute approximate surface area is 174 Å². The molecular weight excluding hydrogens is 386 g/mol. The molecule has 0 radical (unpaired) electrons. The predicted octanol–water partition coefficient (Wildman–Crippen LogP) is 4.25. The second kappa shape index (κ2) is 8.82. The minimum absolute atomic E-state index is 0.00710. The normalized spacial score (nSPS) is 17.3. The number of ketones is 1. The van der Waals surface area contributed by atoms with E-state index in [9.17, 15) is 19.5 Å². The maximum atomic E-state index is 13.0. The summed E-state index contributed by atoms with van der Waals surface area (Å²) in [4.78, 5) is 36.3. The van der Waals surface area contributed by atoms with E-state index in [-0.39, 0.29) is 28.9 Å². The fraction of sp³-hybridized carbons (Fsp3) is 0.261. The van der Waals surface area contributed by atoms with Crippen LogP contribution in [0.2, 0.25) is 0 Å². The van der Waals surface area contributed by atoms with Crippen LogP contribution in [-0.4, -0.2) is 35.5 Å². The van der Waals surface area contributed by atoms with Crippen molar-refractivity contribution in [2.75, 3.05) is 11.9 Å². The number of hydrogen-bond acceptors (Lipinski definition) is 5. The van der Waals surface area contributed by atoms with Gasteiger partial charge in [0, 0.05) is 17.0 Å². The molecule has 2 N–H and O–H groups in total. The monoisotopic (exact) mass is 409 g/mol. The highest BCUT2D eigenvalue weighted by Crippen LogP contribution is 2.31. The van der Waals surface area contributed by atoms with Crippen LogP contribution in [-0.2, 0) is 4.74 Å². The number of amides is 1. The Hall–Kier alpha value is -3.61. The molecule has 0 aromatic heterocycles. The van der Waals surface area contributed by atoms with Crippen molar-refractivity contribution in [2.45, 2.75) is 32.8 Å². The summed E-state index contributed by atoms with van der Waals surface area (Å²) in [5, 5.41) is 12.2. The van der Waals surface area contributed by atoms with Crippen LogP contribution in [0.15, 0.2) is 48.7 Å². The van der Waals surface area contributed by atoms with E-state index in [0.717, 1.165) is 0 Å². The van der Waals surface area contributed by atoms with Crippen LogP contribution < -0.4 is 10.1 Å². The standard InChI is InChI=1S/C23H23NO6/c1-4-29-21-6-5-15(13(2)25)12-20(21)24-22(26)17-9-16(10-18(11-17)23(27)28)19-7-8-30-14(19)3/h5-12,14,19H,4H2,1-3H3,(H,24,26)(H,27,28). The summed E-state index contributed by atoms with van der Waals surface area (Å²) in [5.74, 6) is -1.51. The van der Waals surface area contributed by atoms with E-state index in [2.05, 4.69) is 5.32 Å². The van der Waals surface area contributed by atoms with E-state index in [1.807, 2.05) is 19.9 Å². The molecule has 1 amide bonds. The van der Waals surface area contributed by atoms with Gasteiger partial charge in [-0.3, -0.25) is 9.59 Å². The lowest BCUT2D eigenvalue weighted by Gasteiger charge is -2.17. The topological polar surface area (TPSA) is 102 Å². The SMILES string of the molecule is CCOc1ccc(C(C)=O)cc1NC(=O)c1cc(C(=O)O)cc(C2C=COC2C)c1. The van der Waals surface area contributed by atoms with Crippen LogP contribution in [0.4, 0.5) is 5.69 Å². The third kappa shape index (κ3) is 4.51. The van der Waals surface area contributed by atoms with Gasteiger partial charge >= 0.3 is 5.97 Å². The zero-order valence-electron chi connectivity index (χ0n) is 17.0. The minimum Gasteiger partial charge on any atom is -0.498 e. The molecule has 1 heterocycles. The zero-order chi connectivity index (χ0) is 21.8. The number of carboxylic acids is 1. The maximum Gasteiger partial charge on any atom is 0.335 e. The van der Waals surface area contributed by atoms with Gasteiger partial charge in [-0.1, -0.05) is 0 Å². The Morgan fingerprint density at radius 3 is 2.43 bits per heavy atom. The molecule has 0 saturated heterocycles. The van der Waals surface area contributed by atoms with Gasteiger partial charge in [-0.2, -0.15) is 0 Å². The number of hydrogen-bond donors (Lipinski definition) is 2. The van der Waals surface area contributed by atoms with Gasteiger partial charge in [0.05, 0.1) is 24.1 Å². The minimum atomic E-state index is -1.13. The molecular formula is C23H23NO6. The van der Waals surface area contributed by atoms with Crippen LogP contribution >= 0.6 is 0 Å². The molecule has 156 valence electrons. The van der Waals surface area contributed by atoms with Crippen molar-refractivity contribution in [3.8, 4) is 5.75 Å². The number of Topliss-reactive ketones (excluding diaryl/α,β-unsaturated/α-hetero) is 1. The van der Waals surface area contributed by atoms with Gasteiger partial charge in [0.1, 0.15) is 11.9 Å². The van der Waals surface area contributed by atoms with Crippen LogP contribution in [0.1, 0.15) is 63.3 Å². The van der Waals surface area contributed by atoms with Crippen molar-refractivity contribution in [1.82, 2.24) is 0 Å². The number of rotatable bonds is 7. The van der Waals surface area contributed by atoms with Gasteiger partial charge in [0.25, 0.3) is 5.91 Å². The smallest absolute Gasteiger partial charge is 0.335 e. The first kappa shape index (κ1) is 21.1. The van der Waals surface area contributed by atoms with E-state index < -0.39 is 11.9 Å². The lowest BCUT2D eigenvalue weighted by molar-refractivity contribution is 0.0696. The van der Waals surface area contributed by atoms with Crippen LogP contribution in [0.5, 0.6) is 5.75 Å². The van der Waals surface area contributed by atoms with Gasteiger partial charge in [-0.05, 0) is 68.8 Å². The van der Waals surface area contributed by atoms with E-state index in [0.29, 0.717) is 29.2 Å². The van der Waals surface area contributed by atoms with Crippen LogP contribution in [0.25, 0.3) is 0 Å². The number of anilines is 1. The molecule has 7 heteroatoms. The highest BCUT2D eigenvalue weighted by atomic mass is 16.5. The number of carbonyl (C=O) groups is 3. The summed E-state index contributed by atoms with van der Waals surface area (Å²) in [6.07, 6.45) is 3.24. The molecule has 1 aliphatic heterocycles. The van der Waals surface area contributed by atoms with Crippen LogP contribution in [0, 0.1) is 0 Å². The number of benzene rings is 2. The highest BCUT2D eigenvalue weighted by molar-refractivity contribution is 6.07. The average Bonchev–Trinajstić information content (AvgIpc) is 3.14. The molecule has 2 aromatic rings. The summed E-state index contributed by atoms with van der Waals surface area (Å²) in [7, 11) is 0. The maximum absolute atomic E-state index is 13.0. The highest BCUT2D eigenvalue weighted by Gasteiger charge is 2.24. The zero-order valence-corrected chi connectivity index (χ0v) is 17.0. The molecule has 2 unspecified atom stereocenters. The van der Waals surface area contributed by atoms with E-state index in [1.54, 1.807) is 36.6 Å². The molecule has 0 spiro atoms. The van der Waals surface area contributed by atoms with Gasteiger partial charge in [-0.15, -0.1) is 0 Å². The number of carboxylic acid groups (broad SMARTS) is 1. The number of aromatic carboxylic acids is 1. The third-order valence-corrected chi connectivity index (χ3v) is 4.87. The predicted molar refractivity (Wildman–Crippen MR) is 111 cm³/mol. The molecule has 0 aliphatic carbocycles. The molecule has 2 atom stereocenters. The second-order valence-corrected chi connectivity index (χ2v) is 7.00. The Kier molecular flexibility index (Phi) is 6.20. The van der Waals surface area contributed by atoms with Crippen molar-refractivity contribution in [1.29, 1.82) is 0 Å².